The van der Waals surface area contributed by atoms with E-state index in [1.807, 2.05) is 46.3 Å². The van der Waals surface area contributed by atoms with E-state index in [1.54, 1.807) is 0 Å². The molecule has 0 aliphatic carbocycles. The van der Waals surface area contributed by atoms with Gasteiger partial charge in [-0.05, 0) is 45.0 Å². The van der Waals surface area contributed by atoms with E-state index in [0.29, 0.717) is 0 Å². The minimum Gasteiger partial charge on any atom is -0.298 e. The molecule has 1 aliphatic heterocycles. The van der Waals surface area contributed by atoms with Gasteiger partial charge in [-0.25, -0.2) is 4.68 Å². The summed E-state index contributed by atoms with van der Waals surface area (Å²) < 4.78 is 3.73. The third-order valence-electron chi connectivity index (χ3n) is 4.86. The van der Waals surface area contributed by atoms with Crippen LogP contribution in [0.5, 0.6) is 0 Å². The van der Waals surface area contributed by atoms with E-state index in [4.69, 9.17) is 0 Å². The summed E-state index contributed by atoms with van der Waals surface area (Å²) in [7, 11) is 1.93. The molecule has 1 atom stereocenters. The Labute approximate surface area is 152 Å². The zero-order valence-corrected chi connectivity index (χ0v) is 15.6. The second-order valence-electron chi connectivity index (χ2n) is 6.81. The van der Waals surface area contributed by atoms with Crippen LogP contribution in [0.1, 0.15) is 42.7 Å². The summed E-state index contributed by atoms with van der Waals surface area (Å²) in [6, 6.07) is 4.54. The molecule has 4 heterocycles. The van der Waals surface area contributed by atoms with Crippen molar-refractivity contribution >= 4 is 11.3 Å². The van der Waals surface area contributed by atoms with Crippen molar-refractivity contribution in [3.8, 4) is 10.6 Å². The highest BCUT2D eigenvalue weighted by atomic mass is 32.1. The topological polar surface area (TPSA) is 51.8 Å². The zero-order valence-electron chi connectivity index (χ0n) is 14.8. The molecule has 0 amide bonds. The lowest BCUT2D eigenvalue weighted by molar-refractivity contribution is 0.222. The molecule has 1 aliphatic rings. The first kappa shape index (κ1) is 16.5. The summed E-state index contributed by atoms with van der Waals surface area (Å²) in [5.74, 6) is 0. The third-order valence-corrected chi connectivity index (χ3v) is 5.95. The van der Waals surface area contributed by atoms with E-state index in [9.17, 15) is 0 Å². The lowest BCUT2D eigenvalue weighted by atomic mass is 10.1. The van der Waals surface area contributed by atoms with Crippen LogP contribution in [0.2, 0.25) is 0 Å². The molecule has 0 aromatic carbocycles. The van der Waals surface area contributed by atoms with E-state index in [-0.39, 0.29) is 6.04 Å². The van der Waals surface area contributed by atoms with Gasteiger partial charge >= 0.3 is 0 Å². The number of thiophene rings is 1. The largest absolute Gasteiger partial charge is 0.298 e. The van der Waals surface area contributed by atoms with Crippen molar-refractivity contribution < 1.29 is 0 Å². The van der Waals surface area contributed by atoms with Gasteiger partial charge in [-0.1, -0.05) is 11.6 Å². The van der Waals surface area contributed by atoms with Crippen LogP contribution in [0.4, 0.5) is 0 Å². The lowest BCUT2D eigenvalue weighted by Gasteiger charge is -2.25. The molecule has 0 N–H and O–H groups in total. The first-order valence-corrected chi connectivity index (χ1v) is 9.72. The number of hydrogen-bond donors (Lipinski definition) is 0. The number of piperidine rings is 1. The molecule has 1 saturated heterocycles. The fourth-order valence-corrected chi connectivity index (χ4v) is 4.33. The second kappa shape index (κ2) is 7.09. The highest BCUT2D eigenvalue weighted by Gasteiger charge is 2.15. The van der Waals surface area contributed by atoms with Crippen molar-refractivity contribution in [3.05, 3.63) is 41.2 Å². The van der Waals surface area contributed by atoms with Crippen LogP contribution in [-0.4, -0.2) is 42.8 Å². The Morgan fingerprint density at radius 3 is 2.76 bits per heavy atom. The van der Waals surface area contributed by atoms with E-state index in [0.717, 1.165) is 17.8 Å². The Balaban J connectivity index is 1.46. The van der Waals surface area contributed by atoms with Gasteiger partial charge in [0, 0.05) is 30.2 Å². The Morgan fingerprint density at radius 2 is 2.00 bits per heavy atom. The Morgan fingerprint density at radius 1 is 1.16 bits per heavy atom. The van der Waals surface area contributed by atoms with Crippen LogP contribution < -0.4 is 0 Å². The molecule has 25 heavy (non-hydrogen) atoms. The minimum atomic E-state index is 0.128. The maximum atomic E-state index is 4.38. The lowest BCUT2D eigenvalue weighted by Crippen LogP contribution is -2.28. The van der Waals surface area contributed by atoms with Crippen molar-refractivity contribution in [2.75, 3.05) is 13.1 Å². The smallest absolute Gasteiger partial charge is 0.123 e. The first-order chi connectivity index (χ1) is 12.2. The molecule has 1 fully saturated rings. The van der Waals surface area contributed by atoms with Gasteiger partial charge in [0.25, 0.3) is 0 Å². The normalized spacial score (nSPS) is 17.0. The summed E-state index contributed by atoms with van der Waals surface area (Å²) >= 11 is 1.83. The highest BCUT2D eigenvalue weighted by Crippen LogP contribution is 2.29. The molecule has 0 unspecified atom stereocenters. The standard InChI is InChI=1S/C18H24N6S/c1-14(15-10-19-22(2)11-15)24-13-17(20-21-24)18-7-6-16(25-18)12-23-8-4-3-5-9-23/h6-7,10-11,13-14H,3-5,8-9,12H2,1-2H3/t14-/m0/s1. The summed E-state index contributed by atoms with van der Waals surface area (Å²) in [5.41, 5.74) is 2.08. The molecule has 3 aromatic rings. The molecule has 0 spiro atoms. The van der Waals surface area contributed by atoms with Crippen LogP contribution in [0.25, 0.3) is 10.6 Å². The minimum absolute atomic E-state index is 0.128. The summed E-state index contributed by atoms with van der Waals surface area (Å²) in [4.78, 5) is 5.16. The Hall–Kier alpha value is -1.99. The monoisotopic (exact) mass is 356 g/mol. The molecule has 7 heteroatoms. The fourth-order valence-electron chi connectivity index (χ4n) is 3.33. The van der Waals surface area contributed by atoms with Gasteiger partial charge in [0.1, 0.15) is 5.69 Å². The van der Waals surface area contributed by atoms with Crippen LogP contribution in [0, 0.1) is 0 Å². The molecule has 3 aromatic heterocycles. The van der Waals surface area contributed by atoms with Gasteiger partial charge in [0.2, 0.25) is 0 Å². The summed E-state index contributed by atoms with van der Waals surface area (Å²) in [5, 5.41) is 13.0. The second-order valence-corrected chi connectivity index (χ2v) is 7.98. The van der Waals surface area contributed by atoms with Crippen molar-refractivity contribution in [3.63, 3.8) is 0 Å². The zero-order chi connectivity index (χ0) is 17.2. The molecule has 0 radical (unpaired) electrons. The van der Waals surface area contributed by atoms with Crippen molar-refractivity contribution in [2.45, 2.75) is 38.8 Å². The fraction of sp³-hybridized carbons (Fsp3) is 0.500. The maximum absolute atomic E-state index is 4.38. The molecule has 4 rings (SSSR count). The number of aryl methyl sites for hydroxylation is 1. The van der Waals surface area contributed by atoms with Crippen molar-refractivity contribution in [1.82, 2.24) is 29.7 Å². The van der Waals surface area contributed by atoms with Gasteiger partial charge in [-0.3, -0.25) is 9.58 Å². The molecular formula is C18H24N6S. The molecule has 132 valence electrons. The van der Waals surface area contributed by atoms with Crippen LogP contribution in [0.3, 0.4) is 0 Å². The predicted molar refractivity (Wildman–Crippen MR) is 99.5 cm³/mol. The van der Waals surface area contributed by atoms with E-state index >= 15 is 0 Å². The van der Waals surface area contributed by atoms with Crippen LogP contribution >= 0.6 is 11.3 Å². The quantitative estimate of drug-likeness (QED) is 0.704. The average Bonchev–Trinajstić information content (AvgIpc) is 3.35. The van der Waals surface area contributed by atoms with Crippen molar-refractivity contribution in [2.24, 2.45) is 7.05 Å². The van der Waals surface area contributed by atoms with E-state index in [2.05, 4.69) is 39.4 Å². The van der Waals surface area contributed by atoms with Gasteiger partial charge in [-0.15, -0.1) is 16.4 Å². The van der Waals surface area contributed by atoms with Gasteiger partial charge in [-0.2, -0.15) is 5.10 Å². The Bertz CT molecular complexity index is 826. The Kier molecular flexibility index (Phi) is 4.67. The molecule has 6 nitrogen and oxygen atoms in total. The number of nitrogens with zero attached hydrogens (tertiary/aromatic N) is 6. The molecule has 0 bridgehead atoms. The molecule has 0 saturated carbocycles. The number of hydrogen-bond acceptors (Lipinski definition) is 5. The third kappa shape index (κ3) is 3.67. The number of rotatable bonds is 5. The average molecular weight is 356 g/mol. The van der Waals surface area contributed by atoms with Crippen LogP contribution in [0.15, 0.2) is 30.7 Å². The van der Waals surface area contributed by atoms with Gasteiger partial charge in [0.05, 0.1) is 23.3 Å². The van der Waals surface area contributed by atoms with Gasteiger partial charge in [0.15, 0.2) is 0 Å². The number of likely N-dealkylation sites (tertiary alicyclic amines) is 1. The molecular weight excluding hydrogens is 332 g/mol. The summed E-state index contributed by atoms with van der Waals surface area (Å²) in [6.07, 6.45) is 9.98. The maximum Gasteiger partial charge on any atom is 0.123 e. The summed E-state index contributed by atoms with van der Waals surface area (Å²) in [6.45, 7) is 5.63. The van der Waals surface area contributed by atoms with E-state index < -0.39 is 0 Å². The van der Waals surface area contributed by atoms with E-state index in [1.165, 1.54) is 42.1 Å². The predicted octanol–water partition coefficient (Wildman–Crippen LogP) is 3.34. The first-order valence-electron chi connectivity index (χ1n) is 8.91. The van der Waals surface area contributed by atoms with Crippen molar-refractivity contribution in [1.29, 1.82) is 0 Å². The SMILES string of the molecule is C[C@@H](c1cnn(C)c1)n1cc(-c2ccc(CN3CCCCC3)s2)nn1. The van der Waals surface area contributed by atoms with Crippen LogP contribution in [-0.2, 0) is 13.6 Å². The van der Waals surface area contributed by atoms with Gasteiger partial charge < -0.3 is 0 Å². The number of aromatic nitrogens is 5. The highest BCUT2D eigenvalue weighted by molar-refractivity contribution is 7.15.